The van der Waals surface area contributed by atoms with Gasteiger partial charge in [0.2, 0.25) is 0 Å². The van der Waals surface area contributed by atoms with Crippen molar-refractivity contribution in [3.05, 3.63) is 72.8 Å². The molecule has 0 aliphatic carbocycles. The smallest absolute Gasteiger partial charge is 0.158 e. The van der Waals surface area contributed by atoms with E-state index in [4.69, 9.17) is 16.2 Å². The van der Waals surface area contributed by atoms with Crippen LogP contribution < -0.4 is 16.2 Å². The number of nitrogens with two attached hydrogens (primary N) is 2. The molecule has 0 aromatic heterocycles. The number of ether oxygens (including phenoxy) is 1. The van der Waals surface area contributed by atoms with Gasteiger partial charge in [-0.15, -0.1) is 8.58 Å². The summed E-state index contributed by atoms with van der Waals surface area (Å²) in [4.78, 5) is 0. The van der Waals surface area contributed by atoms with E-state index < -0.39 is 0 Å². The van der Waals surface area contributed by atoms with E-state index in [-0.39, 0.29) is 0 Å². The van der Waals surface area contributed by atoms with Gasteiger partial charge in [-0.1, -0.05) is 60.7 Å². The predicted molar refractivity (Wildman–Crippen MR) is 117 cm³/mol. The van der Waals surface area contributed by atoms with Crippen LogP contribution in [0.4, 0.5) is 11.4 Å². The zero-order chi connectivity index (χ0) is 18.5. The maximum absolute atomic E-state index is 6.22. The molecule has 0 amide bonds. The molecule has 26 heavy (non-hydrogen) atoms. The monoisotopic (exact) mass is 362 g/mol. The molecule has 0 saturated carbocycles. The minimum atomic E-state index is 0.594. The summed E-state index contributed by atoms with van der Waals surface area (Å²) in [7, 11) is 1.08. The second kappa shape index (κ2) is 8.07. The van der Waals surface area contributed by atoms with Crippen LogP contribution in [0.2, 0.25) is 0 Å². The Hall–Kier alpha value is -2.77. The predicted octanol–water partition coefficient (Wildman–Crippen LogP) is 5.87. The van der Waals surface area contributed by atoms with Crippen molar-refractivity contribution in [1.29, 1.82) is 0 Å². The number of hydrogen-bond donors (Lipinski definition) is 2. The zero-order valence-electron chi connectivity index (χ0n) is 15.0. The molecule has 4 aromatic rings. The van der Waals surface area contributed by atoms with E-state index in [9.17, 15) is 0 Å². The first-order chi connectivity index (χ1) is 12.7. The van der Waals surface area contributed by atoms with Crippen molar-refractivity contribution in [3.63, 3.8) is 0 Å². The minimum Gasteiger partial charge on any atom is -0.452 e. The Kier molecular flexibility index (Phi) is 5.60. The Labute approximate surface area is 155 Å². The first-order valence-corrected chi connectivity index (χ1v) is 10.5. The lowest BCUT2D eigenvalue weighted by atomic mass is 10.1. The van der Waals surface area contributed by atoms with Gasteiger partial charge in [-0.25, -0.2) is 0 Å². The number of anilines is 2. The van der Waals surface area contributed by atoms with Crippen molar-refractivity contribution in [2.45, 2.75) is 0 Å². The second-order valence-corrected chi connectivity index (χ2v) is 7.01. The topological polar surface area (TPSA) is 61.3 Å². The van der Waals surface area contributed by atoms with Crippen LogP contribution in [-0.4, -0.2) is 13.3 Å². The number of rotatable bonds is 2. The summed E-state index contributed by atoms with van der Waals surface area (Å²) in [6.45, 7) is 4.31. The lowest BCUT2D eigenvalue weighted by Crippen LogP contribution is -1.97. The van der Waals surface area contributed by atoms with Crippen molar-refractivity contribution in [2.24, 2.45) is 0 Å². The number of nitrogen functional groups attached to an aromatic ring is 2. The summed E-state index contributed by atoms with van der Waals surface area (Å²) >= 11 is 0. The fourth-order valence-electron chi connectivity index (χ4n) is 2.85. The van der Waals surface area contributed by atoms with Crippen molar-refractivity contribution in [3.8, 4) is 11.5 Å². The van der Waals surface area contributed by atoms with Crippen LogP contribution in [0.1, 0.15) is 0 Å². The molecular weight excluding hydrogens is 339 g/mol. The molecule has 0 saturated heterocycles. The van der Waals surface area contributed by atoms with Crippen molar-refractivity contribution >= 4 is 41.5 Å². The number of hydrogen-bond acceptors (Lipinski definition) is 3. The first kappa shape index (κ1) is 18.0. The van der Waals surface area contributed by atoms with Crippen molar-refractivity contribution < 1.29 is 4.74 Å². The molecule has 4 heteroatoms. The van der Waals surface area contributed by atoms with E-state index in [0.717, 1.165) is 30.1 Å². The largest absolute Gasteiger partial charge is 0.452 e. The summed E-state index contributed by atoms with van der Waals surface area (Å²) in [5, 5.41) is 4.10. The van der Waals surface area contributed by atoms with Crippen LogP contribution in [-0.2, 0) is 0 Å². The lowest BCUT2D eigenvalue weighted by molar-refractivity contribution is 0.499. The molecule has 0 bridgehead atoms. The molecule has 0 fully saturated rings. The average molecular weight is 362 g/mol. The molecule has 4 aromatic carbocycles. The molecule has 0 aliphatic rings. The Morgan fingerprint density at radius 2 is 1.00 bits per heavy atom. The molecule has 3 nitrogen and oxygen atoms in total. The molecule has 0 heterocycles. The van der Waals surface area contributed by atoms with Crippen molar-refractivity contribution in [2.75, 3.05) is 24.8 Å². The van der Waals surface area contributed by atoms with Gasteiger partial charge in [0.05, 0.1) is 11.4 Å². The van der Waals surface area contributed by atoms with Crippen LogP contribution in [0.3, 0.4) is 0 Å². The molecule has 0 aliphatic heterocycles. The Balaban J connectivity index is 0.000000613. The number of benzene rings is 4. The molecule has 132 valence electrons. The normalized spacial score (nSPS) is 10.4. The average Bonchev–Trinajstić information content (AvgIpc) is 2.66. The molecule has 0 radical (unpaired) electrons. The van der Waals surface area contributed by atoms with Gasteiger partial charge in [0, 0.05) is 10.8 Å². The van der Waals surface area contributed by atoms with E-state index in [1.807, 2.05) is 72.8 Å². The first-order valence-electron chi connectivity index (χ1n) is 8.46. The highest BCUT2D eigenvalue weighted by Crippen LogP contribution is 2.40. The van der Waals surface area contributed by atoms with Gasteiger partial charge in [-0.3, -0.25) is 0 Å². The SMILES string of the molecule is CPC.Nc1ccc2ccccc2c1Oc1c(N)ccc2ccccc12. The quantitative estimate of drug-likeness (QED) is 0.346. The van der Waals surface area contributed by atoms with E-state index in [2.05, 4.69) is 13.3 Å². The Bertz CT molecular complexity index is 963. The van der Waals surface area contributed by atoms with Gasteiger partial charge in [-0.2, -0.15) is 0 Å². The number of fused-ring (bicyclic) bond motifs is 2. The van der Waals surface area contributed by atoms with Crippen LogP contribution in [0.5, 0.6) is 11.5 Å². The fourth-order valence-corrected chi connectivity index (χ4v) is 2.85. The van der Waals surface area contributed by atoms with Crippen LogP contribution in [0.25, 0.3) is 21.5 Å². The van der Waals surface area contributed by atoms with Crippen LogP contribution in [0.15, 0.2) is 72.8 Å². The third kappa shape index (κ3) is 3.58. The summed E-state index contributed by atoms with van der Waals surface area (Å²) in [6, 6.07) is 23.7. The van der Waals surface area contributed by atoms with Gasteiger partial charge >= 0.3 is 0 Å². The maximum Gasteiger partial charge on any atom is 0.158 e. The van der Waals surface area contributed by atoms with Gasteiger partial charge in [0.25, 0.3) is 0 Å². The van der Waals surface area contributed by atoms with Gasteiger partial charge < -0.3 is 16.2 Å². The zero-order valence-corrected chi connectivity index (χ0v) is 16.0. The Morgan fingerprint density at radius 3 is 1.42 bits per heavy atom. The highest BCUT2D eigenvalue weighted by Gasteiger charge is 2.12. The molecule has 0 atom stereocenters. The molecular formula is C22H23N2OP. The standard InChI is InChI=1S/C20H16N2O.C2H7P/c21-17-11-9-13-5-1-3-7-15(13)19(17)23-20-16-8-4-2-6-14(16)10-12-18(20)22;1-3-2/h1-12H,21-22H2;3H,1-2H3. The van der Waals surface area contributed by atoms with E-state index >= 15 is 0 Å². The lowest BCUT2D eigenvalue weighted by Gasteiger charge is -2.15. The summed E-state index contributed by atoms with van der Waals surface area (Å²) in [6.07, 6.45) is 0. The highest BCUT2D eigenvalue weighted by atomic mass is 31.1. The summed E-state index contributed by atoms with van der Waals surface area (Å²) in [5.41, 5.74) is 13.5. The van der Waals surface area contributed by atoms with E-state index in [1.165, 1.54) is 0 Å². The van der Waals surface area contributed by atoms with E-state index in [1.54, 1.807) is 0 Å². The summed E-state index contributed by atoms with van der Waals surface area (Å²) < 4.78 is 6.22. The summed E-state index contributed by atoms with van der Waals surface area (Å²) in [5.74, 6) is 1.29. The van der Waals surface area contributed by atoms with Gasteiger partial charge in [0.1, 0.15) is 0 Å². The Morgan fingerprint density at radius 1 is 0.615 bits per heavy atom. The van der Waals surface area contributed by atoms with Gasteiger partial charge in [-0.05, 0) is 36.2 Å². The molecule has 0 unspecified atom stereocenters. The van der Waals surface area contributed by atoms with Gasteiger partial charge in [0.15, 0.2) is 11.5 Å². The fraction of sp³-hybridized carbons (Fsp3) is 0.0909. The molecule has 0 spiro atoms. The van der Waals surface area contributed by atoms with Crippen LogP contribution in [0, 0.1) is 0 Å². The molecule has 4 N–H and O–H groups in total. The van der Waals surface area contributed by atoms with E-state index in [0.29, 0.717) is 22.9 Å². The molecule has 4 rings (SSSR count). The third-order valence-corrected chi connectivity index (χ3v) is 4.02. The van der Waals surface area contributed by atoms with Crippen LogP contribution >= 0.6 is 8.58 Å². The third-order valence-electron chi connectivity index (χ3n) is 4.02. The second-order valence-electron chi connectivity index (χ2n) is 6.01. The highest BCUT2D eigenvalue weighted by molar-refractivity contribution is 7.35. The van der Waals surface area contributed by atoms with Crippen molar-refractivity contribution in [1.82, 2.24) is 0 Å². The minimum absolute atomic E-state index is 0.594. The maximum atomic E-state index is 6.22.